The second kappa shape index (κ2) is 8.79. The van der Waals surface area contributed by atoms with Crippen LogP contribution in [-0.4, -0.2) is 29.3 Å². The fourth-order valence-corrected chi connectivity index (χ4v) is 3.41. The third-order valence-corrected chi connectivity index (χ3v) is 4.79. The Morgan fingerprint density at radius 2 is 2.32 bits per heavy atom. The number of unbranched alkanes of at least 4 members (excludes halogenated alkanes) is 1. The summed E-state index contributed by atoms with van der Waals surface area (Å²) in [5.74, 6) is 0.759. The van der Waals surface area contributed by atoms with E-state index in [2.05, 4.69) is 22.4 Å². The quantitative estimate of drug-likeness (QED) is 0.422. The highest BCUT2D eigenvalue weighted by molar-refractivity contribution is 8.00. The second-order valence-electron chi connectivity index (χ2n) is 4.42. The van der Waals surface area contributed by atoms with Crippen LogP contribution in [0.15, 0.2) is 21.1 Å². The Labute approximate surface area is 137 Å². The summed E-state index contributed by atoms with van der Waals surface area (Å²) in [6.45, 7) is 5.18. The number of nitrogens with one attached hydrogen (secondary N) is 1. The minimum absolute atomic E-state index is 0.347. The first-order valence-electron chi connectivity index (χ1n) is 7.18. The average Bonchev–Trinajstić information content (AvgIpc) is 3.14. The minimum atomic E-state index is -0.356. The topological polar surface area (TPSA) is 77.3 Å². The van der Waals surface area contributed by atoms with E-state index in [0.717, 1.165) is 28.9 Å². The summed E-state index contributed by atoms with van der Waals surface area (Å²) in [5, 5.41) is 12.3. The fourth-order valence-electron chi connectivity index (χ4n) is 1.68. The zero-order valence-corrected chi connectivity index (χ0v) is 14.3. The Morgan fingerprint density at radius 3 is 3.09 bits per heavy atom. The molecule has 2 heterocycles. The van der Waals surface area contributed by atoms with Crippen LogP contribution in [0, 0.1) is 0 Å². The van der Waals surface area contributed by atoms with Gasteiger partial charge in [-0.05, 0) is 19.4 Å². The Kier molecular flexibility index (Phi) is 6.73. The van der Waals surface area contributed by atoms with Crippen molar-refractivity contribution in [3.8, 4) is 0 Å². The molecule has 22 heavy (non-hydrogen) atoms. The van der Waals surface area contributed by atoms with Crippen molar-refractivity contribution in [3.05, 3.63) is 23.7 Å². The second-order valence-corrected chi connectivity index (χ2v) is 6.62. The smallest absolute Gasteiger partial charge is 0.341 e. The number of carbonyl (C=O) groups excluding carboxylic acids is 1. The van der Waals surface area contributed by atoms with E-state index in [1.807, 2.05) is 0 Å². The Hall–Kier alpha value is -1.54. The van der Waals surface area contributed by atoms with Crippen LogP contribution in [0.4, 0.5) is 5.13 Å². The van der Waals surface area contributed by atoms with Gasteiger partial charge in [-0.1, -0.05) is 36.4 Å². The van der Waals surface area contributed by atoms with Gasteiger partial charge in [0.1, 0.15) is 11.3 Å². The summed E-state index contributed by atoms with van der Waals surface area (Å²) in [6, 6.07) is 1.63. The highest BCUT2D eigenvalue weighted by Crippen LogP contribution is 2.29. The number of thioether (sulfide) groups is 1. The molecule has 2 aromatic rings. The number of ether oxygens (including phenoxy) is 1. The average molecular weight is 341 g/mol. The molecule has 0 bridgehead atoms. The lowest BCUT2D eigenvalue weighted by molar-refractivity contribution is 0.0524. The normalized spacial score (nSPS) is 10.6. The summed E-state index contributed by atoms with van der Waals surface area (Å²) in [7, 11) is 0. The molecule has 0 aliphatic rings. The van der Waals surface area contributed by atoms with Crippen LogP contribution in [0.25, 0.3) is 0 Å². The predicted octanol–water partition coefficient (Wildman–Crippen LogP) is 3.81. The number of esters is 1. The van der Waals surface area contributed by atoms with Crippen molar-refractivity contribution in [3.63, 3.8) is 0 Å². The molecule has 6 nitrogen and oxygen atoms in total. The van der Waals surface area contributed by atoms with E-state index in [9.17, 15) is 4.79 Å². The van der Waals surface area contributed by atoms with E-state index in [0.29, 0.717) is 23.7 Å². The molecule has 0 amide bonds. The van der Waals surface area contributed by atoms with Crippen LogP contribution in [-0.2, 0) is 10.5 Å². The van der Waals surface area contributed by atoms with Crippen LogP contribution >= 0.6 is 23.1 Å². The largest absolute Gasteiger partial charge is 0.468 e. The molecule has 0 spiro atoms. The van der Waals surface area contributed by atoms with Crippen LogP contribution in [0.5, 0.6) is 0 Å². The summed E-state index contributed by atoms with van der Waals surface area (Å²) in [4.78, 5) is 11.8. The maximum absolute atomic E-state index is 11.8. The summed E-state index contributed by atoms with van der Waals surface area (Å²) in [6.07, 6.45) is 3.75. The fraction of sp³-hybridized carbons (Fsp3) is 0.500. The van der Waals surface area contributed by atoms with Crippen LogP contribution < -0.4 is 5.32 Å². The molecule has 0 atom stereocenters. The van der Waals surface area contributed by atoms with E-state index < -0.39 is 0 Å². The van der Waals surface area contributed by atoms with Gasteiger partial charge in [-0.15, -0.1) is 10.2 Å². The number of furan rings is 1. The van der Waals surface area contributed by atoms with Crippen molar-refractivity contribution in [1.29, 1.82) is 0 Å². The summed E-state index contributed by atoms with van der Waals surface area (Å²) < 4.78 is 11.2. The van der Waals surface area contributed by atoms with Crippen LogP contribution in [0.3, 0.4) is 0 Å². The lowest BCUT2D eigenvalue weighted by Crippen LogP contribution is -2.05. The van der Waals surface area contributed by atoms with Gasteiger partial charge in [0.15, 0.2) is 4.34 Å². The highest BCUT2D eigenvalue weighted by Gasteiger charge is 2.16. The van der Waals surface area contributed by atoms with Crippen LogP contribution in [0.2, 0.25) is 0 Å². The van der Waals surface area contributed by atoms with Gasteiger partial charge in [0.2, 0.25) is 5.13 Å². The Balaban J connectivity index is 1.88. The third kappa shape index (κ3) is 4.74. The Morgan fingerprint density at radius 1 is 1.45 bits per heavy atom. The third-order valence-electron chi connectivity index (χ3n) is 2.78. The van der Waals surface area contributed by atoms with E-state index in [4.69, 9.17) is 9.15 Å². The molecule has 0 radical (unpaired) electrons. The monoisotopic (exact) mass is 341 g/mol. The lowest BCUT2D eigenvalue weighted by atomic mass is 10.3. The predicted molar refractivity (Wildman–Crippen MR) is 87.5 cm³/mol. The molecule has 0 fully saturated rings. The van der Waals surface area contributed by atoms with E-state index in [-0.39, 0.29) is 5.97 Å². The zero-order valence-electron chi connectivity index (χ0n) is 12.6. The van der Waals surface area contributed by atoms with Crippen molar-refractivity contribution in [2.75, 3.05) is 18.5 Å². The number of nitrogens with zero attached hydrogens (tertiary/aromatic N) is 2. The molecule has 0 unspecified atom stereocenters. The van der Waals surface area contributed by atoms with E-state index in [1.54, 1.807) is 13.0 Å². The van der Waals surface area contributed by atoms with Crippen molar-refractivity contribution in [2.45, 2.75) is 36.8 Å². The van der Waals surface area contributed by atoms with Gasteiger partial charge >= 0.3 is 5.97 Å². The van der Waals surface area contributed by atoms with Crippen LogP contribution in [0.1, 0.15) is 42.8 Å². The van der Waals surface area contributed by atoms with Gasteiger partial charge < -0.3 is 14.5 Å². The molecule has 120 valence electrons. The van der Waals surface area contributed by atoms with Gasteiger partial charge in [-0.2, -0.15) is 0 Å². The molecule has 8 heteroatoms. The standard InChI is InChI=1S/C14H19N3O3S2/c1-3-5-7-15-13-16-17-14(22-13)21-9-11-10(6-8-20-11)12(18)19-4-2/h6,8H,3-5,7,9H2,1-2H3,(H,15,16). The lowest BCUT2D eigenvalue weighted by Gasteiger charge is -2.01. The number of hydrogen-bond acceptors (Lipinski definition) is 8. The van der Waals surface area contributed by atoms with Crippen molar-refractivity contribution < 1.29 is 13.9 Å². The first kappa shape index (κ1) is 16.8. The number of rotatable bonds is 9. The molecular formula is C14H19N3O3S2. The first-order chi connectivity index (χ1) is 10.7. The molecule has 0 aliphatic carbocycles. The SMILES string of the molecule is CCCCNc1nnc(SCc2occc2C(=O)OCC)s1. The van der Waals surface area contributed by atoms with Gasteiger partial charge in [0.25, 0.3) is 0 Å². The molecule has 2 aromatic heterocycles. The van der Waals surface area contributed by atoms with Gasteiger partial charge in [-0.3, -0.25) is 0 Å². The molecule has 0 saturated heterocycles. The van der Waals surface area contributed by atoms with Gasteiger partial charge in [-0.25, -0.2) is 4.79 Å². The Bertz CT molecular complexity index is 598. The molecule has 0 saturated carbocycles. The van der Waals surface area contributed by atoms with Crippen molar-refractivity contribution in [2.24, 2.45) is 0 Å². The number of hydrogen-bond donors (Lipinski definition) is 1. The molecular weight excluding hydrogens is 322 g/mol. The molecule has 2 rings (SSSR count). The number of aromatic nitrogens is 2. The molecule has 0 aliphatic heterocycles. The van der Waals surface area contributed by atoms with Gasteiger partial charge in [0.05, 0.1) is 18.6 Å². The molecule has 1 N–H and O–H groups in total. The summed E-state index contributed by atoms with van der Waals surface area (Å²) >= 11 is 2.99. The van der Waals surface area contributed by atoms with Crippen molar-refractivity contribution in [1.82, 2.24) is 10.2 Å². The highest BCUT2D eigenvalue weighted by atomic mass is 32.2. The summed E-state index contributed by atoms with van der Waals surface area (Å²) in [5.41, 5.74) is 0.472. The first-order valence-corrected chi connectivity index (χ1v) is 8.98. The zero-order chi connectivity index (χ0) is 15.8. The number of carbonyl (C=O) groups is 1. The van der Waals surface area contributed by atoms with Crippen molar-refractivity contribution >= 4 is 34.2 Å². The van der Waals surface area contributed by atoms with E-state index in [1.165, 1.54) is 29.4 Å². The van der Waals surface area contributed by atoms with Gasteiger partial charge in [0, 0.05) is 6.54 Å². The van der Waals surface area contributed by atoms with E-state index >= 15 is 0 Å². The minimum Gasteiger partial charge on any atom is -0.468 e. The number of anilines is 1. The maximum atomic E-state index is 11.8. The maximum Gasteiger partial charge on any atom is 0.341 e. The molecule has 0 aromatic carbocycles.